The number of thiophene rings is 1. The molecule has 1 atom stereocenters. The first-order chi connectivity index (χ1) is 6.83. The number of sulfonamides is 1. The fourth-order valence-electron chi connectivity index (χ4n) is 0.783. The number of aliphatic carboxylic acids is 1. The summed E-state index contributed by atoms with van der Waals surface area (Å²) >= 11 is 4.15. The van der Waals surface area contributed by atoms with E-state index in [1.165, 1.54) is 13.0 Å². The van der Waals surface area contributed by atoms with Crippen LogP contribution in [0.4, 0.5) is 0 Å². The minimum atomic E-state index is -3.73. The molecule has 8 heteroatoms. The lowest BCUT2D eigenvalue weighted by Crippen LogP contribution is -2.37. The predicted molar refractivity (Wildman–Crippen MR) is 59.4 cm³/mol. The minimum absolute atomic E-state index is 0.0856. The second kappa shape index (κ2) is 4.60. The number of hydrogen-bond acceptors (Lipinski definition) is 4. The van der Waals surface area contributed by atoms with Crippen LogP contribution in [-0.4, -0.2) is 25.5 Å². The number of hydrogen-bond donors (Lipinski definition) is 2. The first kappa shape index (κ1) is 12.6. The van der Waals surface area contributed by atoms with E-state index in [2.05, 4.69) is 15.9 Å². The molecule has 0 amide bonds. The molecule has 1 heterocycles. The average Bonchev–Trinajstić information content (AvgIpc) is 2.51. The molecule has 1 aromatic heterocycles. The van der Waals surface area contributed by atoms with Gasteiger partial charge >= 0.3 is 5.97 Å². The van der Waals surface area contributed by atoms with Gasteiger partial charge in [0, 0.05) is 0 Å². The van der Waals surface area contributed by atoms with Gasteiger partial charge in [0.1, 0.15) is 10.3 Å². The smallest absolute Gasteiger partial charge is 0.321 e. The SMILES string of the molecule is CC(NS(=O)(=O)c1ccc(Br)s1)C(=O)O. The maximum absolute atomic E-state index is 11.6. The maximum Gasteiger partial charge on any atom is 0.321 e. The van der Waals surface area contributed by atoms with Gasteiger partial charge in [-0.3, -0.25) is 4.79 Å². The summed E-state index contributed by atoms with van der Waals surface area (Å²) in [6.07, 6.45) is 0. The molecule has 0 aliphatic heterocycles. The number of carboxylic acid groups (broad SMARTS) is 1. The summed E-state index contributed by atoms with van der Waals surface area (Å²) in [5.74, 6) is -1.21. The number of carbonyl (C=O) groups is 1. The summed E-state index contributed by atoms with van der Waals surface area (Å²) in [4.78, 5) is 10.5. The molecule has 0 aliphatic carbocycles. The second-order valence-electron chi connectivity index (χ2n) is 2.74. The molecule has 0 aromatic carbocycles. The first-order valence-electron chi connectivity index (χ1n) is 3.83. The quantitative estimate of drug-likeness (QED) is 0.876. The monoisotopic (exact) mass is 313 g/mol. The normalized spacial score (nSPS) is 13.7. The van der Waals surface area contributed by atoms with Crippen molar-refractivity contribution in [3.63, 3.8) is 0 Å². The zero-order valence-electron chi connectivity index (χ0n) is 7.60. The predicted octanol–water partition coefficient (Wildman–Crippen LogP) is 1.26. The summed E-state index contributed by atoms with van der Waals surface area (Å²) in [5.41, 5.74) is 0. The molecule has 0 radical (unpaired) electrons. The standard InChI is InChI=1S/C7H8BrNO4S2/c1-4(7(10)11)9-15(12,13)6-3-2-5(8)14-6/h2-4,9H,1H3,(H,10,11). The van der Waals surface area contributed by atoms with E-state index >= 15 is 0 Å². The van der Waals surface area contributed by atoms with E-state index < -0.39 is 22.0 Å². The van der Waals surface area contributed by atoms with E-state index in [0.29, 0.717) is 3.79 Å². The van der Waals surface area contributed by atoms with Crippen LogP contribution in [0.2, 0.25) is 0 Å². The third-order valence-electron chi connectivity index (χ3n) is 1.52. The lowest BCUT2D eigenvalue weighted by Gasteiger charge is -2.07. The van der Waals surface area contributed by atoms with Crippen molar-refractivity contribution >= 4 is 43.3 Å². The van der Waals surface area contributed by atoms with Crippen LogP contribution in [-0.2, 0) is 14.8 Å². The Morgan fingerprint density at radius 2 is 2.20 bits per heavy atom. The summed E-state index contributed by atoms with van der Waals surface area (Å²) in [7, 11) is -3.73. The Labute approximate surface area is 99.3 Å². The average molecular weight is 314 g/mol. The van der Waals surface area contributed by atoms with Gasteiger partial charge in [0.25, 0.3) is 10.0 Å². The highest BCUT2D eigenvalue weighted by atomic mass is 79.9. The lowest BCUT2D eigenvalue weighted by atomic mass is 10.4. The summed E-state index contributed by atoms with van der Waals surface area (Å²) in [6, 6.07) is 1.85. The van der Waals surface area contributed by atoms with E-state index in [-0.39, 0.29) is 4.21 Å². The van der Waals surface area contributed by atoms with Crippen LogP contribution in [0, 0.1) is 0 Å². The molecule has 0 saturated carbocycles. The molecule has 1 rings (SSSR count). The Kier molecular flexibility index (Phi) is 3.87. The lowest BCUT2D eigenvalue weighted by molar-refractivity contribution is -0.138. The van der Waals surface area contributed by atoms with Crippen molar-refractivity contribution in [2.45, 2.75) is 17.2 Å². The van der Waals surface area contributed by atoms with Crippen LogP contribution >= 0.6 is 27.3 Å². The van der Waals surface area contributed by atoms with Crippen LogP contribution in [0.5, 0.6) is 0 Å². The van der Waals surface area contributed by atoms with Crippen LogP contribution in [0.15, 0.2) is 20.1 Å². The summed E-state index contributed by atoms with van der Waals surface area (Å²) < 4.78 is 26.0. The number of nitrogens with one attached hydrogen (secondary N) is 1. The zero-order valence-corrected chi connectivity index (χ0v) is 10.8. The van der Waals surface area contributed by atoms with Gasteiger partial charge in [0.05, 0.1) is 3.79 Å². The van der Waals surface area contributed by atoms with Crippen molar-refractivity contribution in [2.24, 2.45) is 0 Å². The van der Waals surface area contributed by atoms with Gasteiger partial charge in [0.15, 0.2) is 0 Å². The van der Waals surface area contributed by atoms with Crippen molar-refractivity contribution in [1.82, 2.24) is 4.72 Å². The van der Waals surface area contributed by atoms with Crippen molar-refractivity contribution < 1.29 is 18.3 Å². The highest BCUT2D eigenvalue weighted by Crippen LogP contribution is 2.25. The first-order valence-corrected chi connectivity index (χ1v) is 6.92. The number of halogens is 1. The molecule has 0 fully saturated rings. The fraction of sp³-hybridized carbons (Fsp3) is 0.286. The second-order valence-corrected chi connectivity index (χ2v) is 7.14. The van der Waals surface area contributed by atoms with Gasteiger partial charge in [-0.25, -0.2) is 8.42 Å². The van der Waals surface area contributed by atoms with E-state index in [1.54, 1.807) is 6.07 Å². The Morgan fingerprint density at radius 3 is 2.60 bits per heavy atom. The van der Waals surface area contributed by atoms with Crippen molar-refractivity contribution in [3.05, 3.63) is 15.9 Å². The number of carboxylic acids is 1. The molecular formula is C7H8BrNO4S2. The van der Waals surface area contributed by atoms with E-state index in [0.717, 1.165) is 11.3 Å². The van der Waals surface area contributed by atoms with Crippen molar-refractivity contribution in [1.29, 1.82) is 0 Å². The molecule has 5 nitrogen and oxygen atoms in total. The Bertz CT molecular complexity index is 467. The Hall–Kier alpha value is -0.440. The third-order valence-corrected chi connectivity index (χ3v) is 5.17. The highest BCUT2D eigenvalue weighted by Gasteiger charge is 2.22. The molecule has 0 bridgehead atoms. The Balaban J connectivity index is 2.90. The van der Waals surface area contributed by atoms with Gasteiger partial charge < -0.3 is 5.11 Å². The topological polar surface area (TPSA) is 83.5 Å². The molecule has 0 aliphatic rings. The summed E-state index contributed by atoms with van der Waals surface area (Å²) in [6.45, 7) is 1.27. The summed E-state index contributed by atoms with van der Waals surface area (Å²) in [5, 5.41) is 8.56. The van der Waals surface area contributed by atoms with Gasteiger partial charge in [-0.15, -0.1) is 11.3 Å². The van der Waals surface area contributed by atoms with E-state index in [4.69, 9.17) is 5.11 Å². The molecule has 0 spiro atoms. The van der Waals surface area contributed by atoms with Gasteiger partial charge in [-0.05, 0) is 35.0 Å². The van der Waals surface area contributed by atoms with E-state index in [9.17, 15) is 13.2 Å². The number of rotatable bonds is 4. The molecule has 1 unspecified atom stereocenters. The highest BCUT2D eigenvalue weighted by molar-refractivity contribution is 9.11. The van der Waals surface area contributed by atoms with Gasteiger partial charge in [-0.2, -0.15) is 4.72 Å². The van der Waals surface area contributed by atoms with Crippen molar-refractivity contribution in [2.75, 3.05) is 0 Å². The van der Waals surface area contributed by atoms with E-state index in [1.807, 2.05) is 4.72 Å². The molecule has 1 aromatic rings. The van der Waals surface area contributed by atoms with Crippen molar-refractivity contribution in [3.8, 4) is 0 Å². The van der Waals surface area contributed by atoms with Crippen LogP contribution in [0.1, 0.15) is 6.92 Å². The maximum atomic E-state index is 11.6. The molecule has 0 saturated heterocycles. The third kappa shape index (κ3) is 3.26. The minimum Gasteiger partial charge on any atom is -0.480 e. The molecule has 15 heavy (non-hydrogen) atoms. The molecule has 2 N–H and O–H groups in total. The Morgan fingerprint density at radius 1 is 1.60 bits per heavy atom. The largest absolute Gasteiger partial charge is 0.480 e. The molecule has 84 valence electrons. The van der Waals surface area contributed by atoms with Crippen LogP contribution < -0.4 is 4.72 Å². The van der Waals surface area contributed by atoms with Gasteiger partial charge in [-0.1, -0.05) is 0 Å². The molecular weight excluding hydrogens is 306 g/mol. The van der Waals surface area contributed by atoms with Gasteiger partial charge in [0.2, 0.25) is 0 Å². The van der Waals surface area contributed by atoms with Crippen LogP contribution in [0.25, 0.3) is 0 Å². The zero-order chi connectivity index (χ0) is 11.6. The van der Waals surface area contributed by atoms with Crippen LogP contribution in [0.3, 0.4) is 0 Å². The fourth-order valence-corrected chi connectivity index (χ4v) is 4.01.